The molecule has 0 heterocycles. The maximum absolute atomic E-state index is 12.3. The Morgan fingerprint density at radius 2 is 1.67 bits per heavy atom. The van der Waals surface area contributed by atoms with Crippen molar-refractivity contribution in [3.63, 3.8) is 0 Å². The van der Waals surface area contributed by atoms with Crippen LogP contribution in [0.2, 0.25) is 0 Å². The largest absolute Gasteiger partial charge is 0.406 e. The van der Waals surface area contributed by atoms with Gasteiger partial charge in [-0.2, -0.15) is 13.2 Å². The Labute approximate surface area is 70.1 Å². The van der Waals surface area contributed by atoms with Gasteiger partial charge < -0.3 is 5.73 Å². The summed E-state index contributed by atoms with van der Waals surface area (Å²) in [6.45, 7) is 1.97. The number of hydrogen-bond acceptors (Lipinski definition) is 1. The summed E-state index contributed by atoms with van der Waals surface area (Å²) in [5.41, 5.74) is 3.37. The Morgan fingerprint density at radius 1 is 1.25 bits per heavy atom. The molecule has 0 radical (unpaired) electrons. The molecule has 1 rings (SSSR count). The van der Waals surface area contributed by atoms with Gasteiger partial charge in [0, 0.05) is 0 Å². The summed E-state index contributed by atoms with van der Waals surface area (Å²) < 4.78 is 37.0. The van der Waals surface area contributed by atoms with E-state index in [0.29, 0.717) is 18.8 Å². The fourth-order valence-corrected chi connectivity index (χ4v) is 1.56. The van der Waals surface area contributed by atoms with E-state index in [1.165, 1.54) is 0 Å². The summed E-state index contributed by atoms with van der Waals surface area (Å²) in [7, 11) is 0. The highest BCUT2D eigenvalue weighted by atomic mass is 19.4. The van der Waals surface area contributed by atoms with Gasteiger partial charge in [0.15, 0.2) is 0 Å². The van der Waals surface area contributed by atoms with Crippen LogP contribution in [0.15, 0.2) is 0 Å². The fraction of sp³-hybridized carbons (Fsp3) is 1.00. The number of rotatable bonds is 0. The maximum atomic E-state index is 12.3. The molecule has 0 bridgehead atoms. The smallest absolute Gasteiger partial charge is 0.318 e. The van der Waals surface area contributed by atoms with Crippen molar-refractivity contribution < 1.29 is 13.2 Å². The van der Waals surface area contributed by atoms with Crippen LogP contribution in [0.25, 0.3) is 0 Å². The van der Waals surface area contributed by atoms with E-state index >= 15 is 0 Å². The minimum absolute atomic E-state index is 0.0810. The van der Waals surface area contributed by atoms with Gasteiger partial charge in [-0.05, 0) is 31.6 Å². The minimum atomic E-state index is -4.23. The van der Waals surface area contributed by atoms with Gasteiger partial charge in [0.2, 0.25) is 0 Å². The molecule has 0 unspecified atom stereocenters. The van der Waals surface area contributed by atoms with Crippen LogP contribution in [0.1, 0.15) is 32.6 Å². The molecule has 0 spiro atoms. The lowest BCUT2D eigenvalue weighted by atomic mass is 9.77. The Kier molecular flexibility index (Phi) is 2.38. The van der Waals surface area contributed by atoms with Crippen molar-refractivity contribution in [1.29, 1.82) is 0 Å². The standard InChI is InChI=1S/C8H14F3N/c1-6-2-4-7(12,5-3-6)8(9,10)11/h6H,2-5,12H2,1H3. The highest BCUT2D eigenvalue weighted by Crippen LogP contribution is 2.40. The second-order valence-electron chi connectivity index (χ2n) is 3.84. The minimum Gasteiger partial charge on any atom is -0.318 e. The maximum Gasteiger partial charge on any atom is 0.406 e. The number of hydrogen-bond donors (Lipinski definition) is 1. The predicted molar refractivity (Wildman–Crippen MR) is 40.6 cm³/mol. The first-order chi connectivity index (χ1) is 5.35. The van der Waals surface area contributed by atoms with E-state index in [2.05, 4.69) is 0 Å². The van der Waals surface area contributed by atoms with Crippen LogP contribution in [-0.4, -0.2) is 11.7 Å². The second-order valence-corrected chi connectivity index (χ2v) is 3.84. The average molecular weight is 181 g/mol. The van der Waals surface area contributed by atoms with Crippen LogP contribution in [0.4, 0.5) is 13.2 Å². The lowest BCUT2D eigenvalue weighted by molar-refractivity contribution is -0.195. The van der Waals surface area contributed by atoms with Gasteiger partial charge in [0.1, 0.15) is 5.54 Å². The van der Waals surface area contributed by atoms with E-state index in [4.69, 9.17) is 5.73 Å². The van der Waals surface area contributed by atoms with E-state index in [-0.39, 0.29) is 12.8 Å². The second kappa shape index (κ2) is 2.91. The van der Waals surface area contributed by atoms with Crippen molar-refractivity contribution in [3.05, 3.63) is 0 Å². The van der Waals surface area contributed by atoms with E-state index in [9.17, 15) is 13.2 Å². The molecule has 4 heteroatoms. The first-order valence-corrected chi connectivity index (χ1v) is 4.21. The van der Waals surface area contributed by atoms with Crippen LogP contribution in [-0.2, 0) is 0 Å². The summed E-state index contributed by atoms with van der Waals surface area (Å²) >= 11 is 0. The molecule has 0 aromatic heterocycles. The molecule has 1 aliphatic carbocycles. The molecule has 2 N–H and O–H groups in total. The topological polar surface area (TPSA) is 26.0 Å². The van der Waals surface area contributed by atoms with Crippen molar-refractivity contribution in [2.75, 3.05) is 0 Å². The van der Waals surface area contributed by atoms with Gasteiger partial charge in [0.25, 0.3) is 0 Å². The molecule has 1 fully saturated rings. The van der Waals surface area contributed by atoms with Gasteiger partial charge in [-0.1, -0.05) is 6.92 Å². The third kappa shape index (κ3) is 1.73. The number of halogens is 3. The molecular weight excluding hydrogens is 167 g/mol. The van der Waals surface area contributed by atoms with Gasteiger partial charge in [-0.25, -0.2) is 0 Å². The molecule has 1 nitrogen and oxygen atoms in total. The molecule has 1 saturated carbocycles. The highest BCUT2D eigenvalue weighted by molar-refractivity contribution is 4.95. The zero-order valence-corrected chi connectivity index (χ0v) is 7.12. The first-order valence-electron chi connectivity index (χ1n) is 4.21. The van der Waals surface area contributed by atoms with Crippen molar-refractivity contribution in [3.8, 4) is 0 Å². The summed E-state index contributed by atoms with van der Waals surface area (Å²) in [5.74, 6) is 0.393. The van der Waals surface area contributed by atoms with E-state index in [1.807, 2.05) is 6.92 Å². The molecule has 12 heavy (non-hydrogen) atoms. The van der Waals surface area contributed by atoms with E-state index in [1.54, 1.807) is 0 Å². The highest BCUT2D eigenvalue weighted by Gasteiger charge is 2.52. The Hall–Kier alpha value is -0.250. The monoisotopic (exact) mass is 181 g/mol. The van der Waals surface area contributed by atoms with Gasteiger partial charge in [-0.3, -0.25) is 0 Å². The van der Waals surface area contributed by atoms with E-state index < -0.39 is 11.7 Å². The molecule has 0 saturated heterocycles. The number of nitrogens with two attached hydrogens (primary N) is 1. The molecule has 72 valence electrons. The van der Waals surface area contributed by atoms with Gasteiger partial charge >= 0.3 is 6.18 Å². The van der Waals surface area contributed by atoms with Gasteiger partial charge in [-0.15, -0.1) is 0 Å². The normalized spacial score (nSPS) is 38.2. The first kappa shape index (κ1) is 9.84. The fourth-order valence-electron chi connectivity index (χ4n) is 1.56. The Balaban J connectivity index is 2.62. The van der Waals surface area contributed by atoms with E-state index in [0.717, 1.165) is 0 Å². The molecule has 0 aromatic carbocycles. The van der Waals surface area contributed by atoms with Crippen LogP contribution in [0.5, 0.6) is 0 Å². The predicted octanol–water partition coefficient (Wildman–Crippen LogP) is 2.46. The molecule has 0 aliphatic heterocycles. The lowest BCUT2D eigenvalue weighted by Gasteiger charge is -2.37. The van der Waals surface area contributed by atoms with Crippen molar-refractivity contribution in [1.82, 2.24) is 0 Å². The third-order valence-electron chi connectivity index (χ3n) is 2.73. The number of alkyl halides is 3. The molecule has 0 aromatic rings. The molecule has 1 aliphatic rings. The Morgan fingerprint density at radius 3 is 2.00 bits per heavy atom. The molecule has 0 atom stereocenters. The third-order valence-corrected chi connectivity index (χ3v) is 2.73. The SMILES string of the molecule is CC1CCC(N)(C(F)(F)F)CC1. The summed E-state index contributed by atoms with van der Waals surface area (Å²) in [5, 5.41) is 0. The van der Waals surface area contributed by atoms with Crippen molar-refractivity contribution in [2.24, 2.45) is 11.7 Å². The van der Waals surface area contributed by atoms with Crippen LogP contribution >= 0.6 is 0 Å². The average Bonchev–Trinajstić information content (AvgIpc) is 1.93. The van der Waals surface area contributed by atoms with Crippen LogP contribution in [0, 0.1) is 5.92 Å². The lowest BCUT2D eigenvalue weighted by Crippen LogP contribution is -2.55. The summed E-state index contributed by atoms with van der Waals surface area (Å²) in [6, 6.07) is 0. The quantitative estimate of drug-likeness (QED) is 0.610. The summed E-state index contributed by atoms with van der Waals surface area (Å²) in [6.07, 6.45) is -2.88. The van der Waals surface area contributed by atoms with Crippen molar-refractivity contribution >= 4 is 0 Å². The van der Waals surface area contributed by atoms with Crippen LogP contribution in [0.3, 0.4) is 0 Å². The zero-order valence-electron chi connectivity index (χ0n) is 7.12. The Bertz CT molecular complexity index is 156. The summed E-state index contributed by atoms with van der Waals surface area (Å²) in [4.78, 5) is 0. The van der Waals surface area contributed by atoms with Gasteiger partial charge in [0.05, 0.1) is 0 Å². The van der Waals surface area contributed by atoms with Crippen molar-refractivity contribution in [2.45, 2.75) is 44.3 Å². The van der Waals surface area contributed by atoms with Crippen LogP contribution < -0.4 is 5.73 Å². The molecular formula is C8H14F3N. The zero-order chi connectivity index (χ0) is 9.41. The molecule has 0 amide bonds.